The largest absolute Gasteiger partial charge is 0.416 e. The molecule has 2 aromatic carbocycles. The van der Waals surface area contributed by atoms with Crippen molar-refractivity contribution in [3.05, 3.63) is 71.9 Å². The van der Waals surface area contributed by atoms with Crippen molar-refractivity contribution < 1.29 is 27.6 Å². The average Bonchev–Trinajstić information content (AvgIpc) is 2.92. The zero-order chi connectivity index (χ0) is 29.7. The first-order valence-corrected chi connectivity index (χ1v) is 12.5. The number of para-hydroxylation sites is 1. The van der Waals surface area contributed by atoms with E-state index in [0.29, 0.717) is 24.1 Å². The summed E-state index contributed by atoms with van der Waals surface area (Å²) in [6.07, 6.45) is -1.83. The van der Waals surface area contributed by atoms with Gasteiger partial charge in [-0.1, -0.05) is 30.3 Å². The van der Waals surface area contributed by atoms with E-state index >= 15 is 0 Å². The van der Waals surface area contributed by atoms with E-state index in [4.69, 9.17) is 17.2 Å². The maximum absolute atomic E-state index is 12.6. The molecule has 0 bridgehead atoms. The minimum atomic E-state index is -4.40. The van der Waals surface area contributed by atoms with Crippen LogP contribution in [0.2, 0.25) is 0 Å². The molecule has 8 N–H and O–H groups in total. The number of nitrogens with zero attached hydrogens (tertiary/aromatic N) is 2. The number of pyridine rings is 1. The van der Waals surface area contributed by atoms with Crippen LogP contribution in [0.1, 0.15) is 18.1 Å². The minimum absolute atomic E-state index is 0.213. The first-order chi connectivity index (χ1) is 19.0. The number of benzene rings is 2. The average molecular weight is 562 g/mol. The zero-order valence-electron chi connectivity index (χ0n) is 22.0. The maximum Gasteiger partial charge on any atom is 0.416 e. The molecule has 0 aliphatic heterocycles. The number of hydrogen-bond donors (Lipinski definition) is 5. The van der Waals surface area contributed by atoms with Gasteiger partial charge in [0.05, 0.1) is 23.0 Å². The van der Waals surface area contributed by atoms with Gasteiger partial charge in [0.25, 0.3) is 0 Å². The van der Waals surface area contributed by atoms with Gasteiger partial charge in [0.1, 0.15) is 0 Å². The number of hydrogen-bond acceptors (Lipinski definition) is 7. The Morgan fingerprint density at radius 3 is 2.25 bits per heavy atom. The lowest BCUT2D eigenvalue weighted by atomic mass is 10.0. The van der Waals surface area contributed by atoms with Gasteiger partial charge in [-0.15, -0.1) is 0 Å². The molecule has 1 aromatic heterocycles. The number of carbonyl (C=O) groups is 3. The molecule has 13 heteroatoms. The van der Waals surface area contributed by atoms with E-state index in [1.54, 1.807) is 13.1 Å². The summed E-state index contributed by atoms with van der Waals surface area (Å²) in [4.78, 5) is 40.1. The minimum Gasteiger partial charge on any atom is -0.352 e. The number of aromatic nitrogens is 1. The molecular weight excluding hydrogens is 527 g/mol. The highest BCUT2D eigenvalue weighted by Crippen LogP contribution is 2.29. The number of fused-ring (bicyclic) bond motifs is 1. The number of amides is 3. The van der Waals surface area contributed by atoms with Gasteiger partial charge in [-0.2, -0.15) is 13.2 Å². The molecule has 0 saturated heterocycles. The van der Waals surface area contributed by atoms with Gasteiger partial charge < -0.3 is 32.7 Å². The van der Waals surface area contributed by atoms with Crippen LogP contribution in [0.15, 0.2) is 60.8 Å². The topological polar surface area (TPSA) is 169 Å². The molecule has 40 heavy (non-hydrogen) atoms. The van der Waals surface area contributed by atoms with Gasteiger partial charge in [-0.3, -0.25) is 19.4 Å². The van der Waals surface area contributed by atoms with Crippen LogP contribution in [0.25, 0.3) is 10.9 Å². The van der Waals surface area contributed by atoms with Gasteiger partial charge in [0.2, 0.25) is 18.2 Å². The van der Waals surface area contributed by atoms with Gasteiger partial charge in [-0.05, 0) is 43.2 Å². The highest BCUT2D eigenvalue weighted by Gasteiger charge is 2.30. The molecule has 0 radical (unpaired) electrons. The smallest absolute Gasteiger partial charge is 0.352 e. The van der Waals surface area contributed by atoms with Crippen molar-refractivity contribution in [3.63, 3.8) is 0 Å². The monoisotopic (exact) mass is 561 g/mol. The van der Waals surface area contributed by atoms with Crippen LogP contribution in [-0.4, -0.2) is 66.4 Å². The molecule has 3 aromatic rings. The molecule has 0 spiro atoms. The van der Waals surface area contributed by atoms with Crippen LogP contribution in [0.5, 0.6) is 0 Å². The van der Waals surface area contributed by atoms with E-state index in [1.807, 2.05) is 30.3 Å². The van der Waals surface area contributed by atoms with Crippen LogP contribution in [0.4, 0.5) is 18.9 Å². The molecule has 216 valence electrons. The summed E-state index contributed by atoms with van der Waals surface area (Å²) in [7, 11) is 0. The van der Waals surface area contributed by atoms with Crippen molar-refractivity contribution in [2.24, 2.45) is 17.2 Å². The Bertz CT molecular complexity index is 1250. The molecule has 2 unspecified atom stereocenters. The van der Waals surface area contributed by atoms with Crippen molar-refractivity contribution in [1.29, 1.82) is 0 Å². The second-order valence-corrected chi connectivity index (χ2v) is 8.87. The van der Waals surface area contributed by atoms with Crippen LogP contribution in [0.3, 0.4) is 0 Å². The van der Waals surface area contributed by atoms with E-state index in [2.05, 4.69) is 15.6 Å². The quantitative estimate of drug-likeness (QED) is 0.175. The van der Waals surface area contributed by atoms with E-state index in [1.165, 1.54) is 17.0 Å². The lowest BCUT2D eigenvalue weighted by molar-refractivity contribution is -0.139. The maximum atomic E-state index is 12.6. The number of rotatable bonds is 11. The molecule has 3 amide bonds. The number of anilines is 1. The second kappa shape index (κ2) is 15.5. The highest BCUT2D eigenvalue weighted by atomic mass is 19.4. The summed E-state index contributed by atoms with van der Waals surface area (Å²) >= 11 is 0. The SMILES string of the molecule is CC(Cc1ccc(C(F)(F)F)cc1)NC(=O)C(N)C(=O)N(CCN)CCN.O=CNc1cnc2ccccc2c1. The molecule has 2 atom stereocenters. The predicted octanol–water partition coefficient (Wildman–Crippen LogP) is 1.63. The lowest BCUT2D eigenvalue weighted by Crippen LogP contribution is -2.55. The summed E-state index contributed by atoms with van der Waals surface area (Å²) in [5.74, 6) is -1.25. The fraction of sp³-hybridized carbons (Fsp3) is 0.333. The molecule has 3 rings (SSSR count). The van der Waals surface area contributed by atoms with Gasteiger partial charge in [-0.25, -0.2) is 0 Å². The molecule has 0 fully saturated rings. The molecule has 10 nitrogen and oxygen atoms in total. The normalized spacial score (nSPS) is 12.5. The van der Waals surface area contributed by atoms with E-state index in [-0.39, 0.29) is 26.2 Å². The van der Waals surface area contributed by atoms with Crippen molar-refractivity contribution in [2.45, 2.75) is 31.6 Å². The standard InChI is InChI=1S/C17H26F3N5O2.C10H8N2O/c1-11(10-12-2-4-13(5-3-12)17(18,19)20)24-15(26)14(23)16(27)25(8-6-21)9-7-22;13-7-12-9-5-8-3-1-2-4-10(8)11-6-9/h2-5,11,14H,6-10,21-23H2,1H3,(H,24,26);1-7H,(H,12,13). The number of carbonyl (C=O) groups excluding carboxylic acids is 3. The van der Waals surface area contributed by atoms with Crippen molar-refractivity contribution in [1.82, 2.24) is 15.2 Å². The van der Waals surface area contributed by atoms with Crippen molar-refractivity contribution in [3.8, 4) is 0 Å². The lowest BCUT2D eigenvalue weighted by Gasteiger charge is -2.25. The summed E-state index contributed by atoms with van der Waals surface area (Å²) in [5, 5.41) is 6.18. The van der Waals surface area contributed by atoms with E-state index in [0.717, 1.165) is 23.0 Å². The fourth-order valence-corrected chi connectivity index (χ4v) is 3.74. The molecule has 1 heterocycles. The Hall–Kier alpha value is -4.07. The first-order valence-electron chi connectivity index (χ1n) is 12.5. The van der Waals surface area contributed by atoms with E-state index < -0.39 is 35.6 Å². The summed E-state index contributed by atoms with van der Waals surface area (Å²) in [5.41, 5.74) is 18.1. The Labute approximate surface area is 230 Å². The Balaban J connectivity index is 0.000000355. The molecular formula is C27H34F3N7O3. The van der Waals surface area contributed by atoms with Gasteiger partial charge in [0.15, 0.2) is 6.04 Å². The summed E-state index contributed by atoms with van der Waals surface area (Å²) in [6, 6.07) is 12.5. The number of nitrogens with two attached hydrogens (primary N) is 3. The number of nitrogens with one attached hydrogen (secondary N) is 2. The molecule has 0 aliphatic rings. The summed E-state index contributed by atoms with van der Waals surface area (Å²) < 4.78 is 37.7. The van der Waals surface area contributed by atoms with Crippen molar-refractivity contribution in [2.75, 3.05) is 31.5 Å². The predicted molar refractivity (Wildman–Crippen MR) is 147 cm³/mol. The number of halogens is 3. The van der Waals surface area contributed by atoms with Crippen molar-refractivity contribution >= 4 is 34.8 Å². The first kappa shape index (κ1) is 32.1. The molecule has 0 aliphatic carbocycles. The third-order valence-electron chi connectivity index (χ3n) is 5.69. The Morgan fingerprint density at radius 1 is 1.05 bits per heavy atom. The zero-order valence-corrected chi connectivity index (χ0v) is 22.0. The summed E-state index contributed by atoms with van der Waals surface area (Å²) in [6.45, 7) is 2.56. The second-order valence-electron chi connectivity index (χ2n) is 8.87. The van der Waals surface area contributed by atoms with Gasteiger partial charge in [0, 0.05) is 37.6 Å². The van der Waals surface area contributed by atoms with E-state index in [9.17, 15) is 27.6 Å². The third kappa shape index (κ3) is 9.91. The van der Waals surface area contributed by atoms with Crippen LogP contribution < -0.4 is 27.8 Å². The van der Waals surface area contributed by atoms with Crippen LogP contribution in [0, 0.1) is 0 Å². The van der Waals surface area contributed by atoms with Crippen LogP contribution in [-0.2, 0) is 27.0 Å². The third-order valence-corrected chi connectivity index (χ3v) is 5.69. The highest BCUT2D eigenvalue weighted by molar-refractivity contribution is 6.04. The van der Waals surface area contributed by atoms with Crippen LogP contribution >= 0.6 is 0 Å². The Kier molecular flexibility index (Phi) is 12.5. The number of alkyl halides is 3. The Morgan fingerprint density at radius 2 is 1.68 bits per heavy atom. The molecule has 0 saturated carbocycles. The fourth-order valence-electron chi connectivity index (χ4n) is 3.74. The van der Waals surface area contributed by atoms with Gasteiger partial charge >= 0.3 is 6.18 Å².